The Hall–Kier alpha value is -1.16. The highest BCUT2D eigenvalue weighted by Gasteiger charge is 2.29. The van der Waals surface area contributed by atoms with Crippen LogP contribution in [0.4, 0.5) is 8.78 Å². The molecule has 1 saturated carbocycles. The highest BCUT2D eigenvalue weighted by Crippen LogP contribution is 2.30. The van der Waals surface area contributed by atoms with E-state index in [-0.39, 0.29) is 11.9 Å². The average molecular weight is 241 g/mol. The standard InChI is InChI=1S/C13H17F2NO/c1-16-8-9-3-2-4-12(9)17-13-6-5-10(14)7-11(13)15/h5-7,9,12,16H,2-4,8H2,1H3. The third-order valence-corrected chi connectivity index (χ3v) is 3.23. The molecule has 0 aliphatic heterocycles. The number of hydrogen-bond donors (Lipinski definition) is 1. The molecule has 4 heteroatoms. The third-order valence-electron chi connectivity index (χ3n) is 3.23. The molecule has 0 bridgehead atoms. The smallest absolute Gasteiger partial charge is 0.167 e. The van der Waals surface area contributed by atoms with E-state index in [0.29, 0.717) is 5.92 Å². The Balaban J connectivity index is 2.04. The van der Waals surface area contributed by atoms with E-state index in [4.69, 9.17) is 4.74 Å². The second-order valence-corrected chi connectivity index (χ2v) is 4.48. The number of ether oxygens (including phenoxy) is 1. The van der Waals surface area contributed by atoms with Gasteiger partial charge in [0.1, 0.15) is 11.9 Å². The SMILES string of the molecule is CNCC1CCCC1Oc1ccc(F)cc1F. The second kappa shape index (κ2) is 5.45. The van der Waals surface area contributed by atoms with Crippen LogP contribution in [0.5, 0.6) is 5.75 Å². The van der Waals surface area contributed by atoms with Crippen LogP contribution in [0.1, 0.15) is 19.3 Å². The summed E-state index contributed by atoms with van der Waals surface area (Å²) in [4.78, 5) is 0. The molecule has 2 unspecified atom stereocenters. The zero-order chi connectivity index (χ0) is 12.3. The summed E-state index contributed by atoms with van der Waals surface area (Å²) in [6, 6.07) is 3.44. The zero-order valence-corrected chi connectivity index (χ0v) is 9.88. The van der Waals surface area contributed by atoms with Crippen LogP contribution >= 0.6 is 0 Å². The van der Waals surface area contributed by atoms with E-state index >= 15 is 0 Å². The van der Waals surface area contributed by atoms with Crippen molar-refractivity contribution in [3.63, 3.8) is 0 Å². The predicted molar refractivity (Wildman–Crippen MR) is 62.0 cm³/mol. The predicted octanol–water partition coefficient (Wildman–Crippen LogP) is 2.73. The van der Waals surface area contributed by atoms with E-state index < -0.39 is 11.6 Å². The quantitative estimate of drug-likeness (QED) is 0.875. The molecule has 0 amide bonds. The van der Waals surface area contributed by atoms with Crippen LogP contribution in [0.25, 0.3) is 0 Å². The average Bonchev–Trinajstić information content (AvgIpc) is 2.71. The molecule has 1 fully saturated rings. The second-order valence-electron chi connectivity index (χ2n) is 4.48. The fourth-order valence-electron chi connectivity index (χ4n) is 2.39. The maximum Gasteiger partial charge on any atom is 0.167 e. The Bertz CT molecular complexity index is 384. The summed E-state index contributed by atoms with van der Waals surface area (Å²) in [5.41, 5.74) is 0. The van der Waals surface area contributed by atoms with Crippen molar-refractivity contribution in [1.82, 2.24) is 5.32 Å². The first-order valence-electron chi connectivity index (χ1n) is 5.97. The zero-order valence-electron chi connectivity index (χ0n) is 9.88. The Morgan fingerprint density at radius 2 is 2.18 bits per heavy atom. The summed E-state index contributed by atoms with van der Waals surface area (Å²) in [6.07, 6.45) is 3.15. The topological polar surface area (TPSA) is 21.3 Å². The van der Waals surface area contributed by atoms with Gasteiger partial charge in [-0.25, -0.2) is 8.78 Å². The molecular formula is C13H17F2NO. The maximum absolute atomic E-state index is 13.4. The van der Waals surface area contributed by atoms with Crippen LogP contribution in [-0.4, -0.2) is 19.7 Å². The highest BCUT2D eigenvalue weighted by molar-refractivity contribution is 5.25. The van der Waals surface area contributed by atoms with Gasteiger partial charge in [-0.15, -0.1) is 0 Å². The van der Waals surface area contributed by atoms with Gasteiger partial charge in [-0.1, -0.05) is 0 Å². The summed E-state index contributed by atoms with van der Waals surface area (Å²) in [5.74, 6) is -0.642. The van der Waals surface area contributed by atoms with E-state index in [1.807, 2.05) is 7.05 Å². The molecule has 0 aromatic heterocycles. The molecule has 0 saturated heterocycles. The molecular weight excluding hydrogens is 224 g/mol. The van der Waals surface area contributed by atoms with Crippen molar-refractivity contribution in [2.45, 2.75) is 25.4 Å². The van der Waals surface area contributed by atoms with E-state index in [2.05, 4.69) is 5.32 Å². The summed E-state index contributed by atoms with van der Waals surface area (Å²) in [5, 5.41) is 3.12. The summed E-state index contributed by atoms with van der Waals surface area (Å²) in [6.45, 7) is 0.869. The minimum absolute atomic E-state index is 0.0300. The van der Waals surface area contributed by atoms with Gasteiger partial charge in [-0.3, -0.25) is 0 Å². The van der Waals surface area contributed by atoms with Gasteiger partial charge in [0.2, 0.25) is 0 Å². The molecule has 0 radical (unpaired) electrons. The van der Waals surface area contributed by atoms with Gasteiger partial charge in [-0.2, -0.15) is 0 Å². The lowest BCUT2D eigenvalue weighted by Crippen LogP contribution is -2.29. The van der Waals surface area contributed by atoms with E-state index in [9.17, 15) is 8.78 Å². The Kier molecular flexibility index (Phi) is 3.94. The van der Waals surface area contributed by atoms with Crippen LogP contribution in [0.3, 0.4) is 0 Å². The van der Waals surface area contributed by atoms with Crippen molar-refractivity contribution in [1.29, 1.82) is 0 Å². The van der Waals surface area contributed by atoms with E-state index in [0.717, 1.165) is 31.9 Å². The van der Waals surface area contributed by atoms with Crippen molar-refractivity contribution >= 4 is 0 Å². The minimum atomic E-state index is -0.625. The number of nitrogens with one attached hydrogen (secondary N) is 1. The largest absolute Gasteiger partial charge is 0.487 e. The summed E-state index contributed by atoms with van der Waals surface area (Å²) in [7, 11) is 1.90. The molecule has 94 valence electrons. The third kappa shape index (κ3) is 2.94. The number of benzene rings is 1. The minimum Gasteiger partial charge on any atom is -0.487 e. The Morgan fingerprint density at radius 1 is 1.35 bits per heavy atom. The molecule has 1 aromatic carbocycles. The van der Waals surface area contributed by atoms with Crippen LogP contribution in [-0.2, 0) is 0 Å². The summed E-state index contributed by atoms with van der Waals surface area (Å²) < 4.78 is 31.8. The molecule has 1 aliphatic rings. The van der Waals surface area contributed by atoms with Crippen LogP contribution in [0, 0.1) is 17.6 Å². The van der Waals surface area contributed by atoms with E-state index in [1.165, 1.54) is 12.1 Å². The number of halogens is 2. The number of hydrogen-bond acceptors (Lipinski definition) is 2. The Morgan fingerprint density at radius 3 is 2.88 bits per heavy atom. The molecule has 1 aliphatic carbocycles. The first-order valence-corrected chi connectivity index (χ1v) is 5.97. The van der Waals surface area contributed by atoms with Gasteiger partial charge in [0.25, 0.3) is 0 Å². The van der Waals surface area contributed by atoms with Crippen molar-refractivity contribution < 1.29 is 13.5 Å². The molecule has 1 aromatic rings. The molecule has 1 N–H and O–H groups in total. The molecule has 17 heavy (non-hydrogen) atoms. The van der Waals surface area contributed by atoms with Crippen molar-refractivity contribution in [3.8, 4) is 5.75 Å². The summed E-state index contributed by atoms with van der Waals surface area (Å²) >= 11 is 0. The van der Waals surface area contributed by atoms with Crippen molar-refractivity contribution in [3.05, 3.63) is 29.8 Å². The van der Waals surface area contributed by atoms with Crippen molar-refractivity contribution in [2.24, 2.45) is 5.92 Å². The van der Waals surface area contributed by atoms with Crippen LogP contribution in [0.2, 0.25) is 0 Å². The lowest BCUT2D eigenvalue weighted by molar-refractivity contribution is 0.151. The lowest BCUT2D eigenvalue weighted by Gasteiger charge is -2.21. The lowest BCUT2D eigenvalue weighted by atomic mass is 10.1. The molecule has 2 nitrogen and oxygen atoms in total. The maximum atomic E-state index is 13.4. The van der Waals surface area contributed by atoms with Gasteiger partial charge in [0.15, 0.2) is 11.6 Å². The van der Waals surface area contributed by atoms with E-state index in [1.54, 1.807) is 0 Å². The molecule has 2 atom stereocenters. The monoisotopic (exact) mass is 241 g/mol. The van der Waals surface area contributed by atoms with Gasteiger partial charge in [0, 0.05) is 18.5 Å². The number of rotatable bonds is 4. The molecule has 0 heterocycles. The van der Waals surface area contributed by atoms with Gasteiger partial charge < -0.3 is 10.1 Å². The van der Waals surface area contributed by atoms with Gasteiger partial charge >= 0.3 is 0 Å². The van der Waals surface area contributed by atoms with Gasteiger partial charge in [0.05, 0.1) is 0 Å². The molecule has 0 spiro atoms. The molecule has 2 rings (SSSR count). The fourth-order valence-corrected chi connectivity index (χ4v) is 2.39. The van der Waals surface area contributed by atoms with Crippen LogP contribution in [0.15, 0.2) is 18.2 Å². The normalized spacial score (nSPS) is 23.9. The van der Waals surface area contributed by atoms with Crippen molar-refractivity contribution in [2.75, 3.05) is 13.6 Å². The first-order chi connectivity index (χ1) is 8.20. The van der Waals surface area contributed by atoms with Crippen LogP contribution < -0.4 is 10.1 Å². The van der Waals surface area contributed by atoms with Gasteiger partial charge in [-0.05, 0) is 38.4 Å². The first kappa shape index (κ1) is 12.3. The Labute approximate surface area is 100.0 Å². The fraction of sp³-hybridized carbons (Fsp3) is 0.538. The highest BCUT2D eigenvalue weighted by atomic mass is 19.1.